The molecule has 1 aliphatic carbocycles. The molecule has 1 saturated carbocycles. The van der Waals surface area contributed by atoms with Crippen LogP contribution in [-0.2, 0) is 4.79 Å². The Morgan fingerprint density at radius 3 is 2.32 bits per heavy atom. The average Bonchev–Trinajstić information content (AvgIpc) is 2.78. The van der Waals surface area contributed by atoms with Crippen LogP contribution in [-0.4, -0.2) is 30.4 Å². The van der Waals surface area contributed by atoms with Crippen LogP contribution in [0.2, 0.25) is 15.1 Å². The van der Waals surface area contributed by atoms with Gasteiger partial charge < -0.3 is 9.80 Å². The minimum atomic E-state index is 0.0170. The summed E-state index contributed by atoms with van der Waals surface area (Å²) >= 11 is 18.8. The minimum absolute atomic E-state index is 0.0170. The molecule has 0 aromatic heterocycles. The van der Waals surface area contributed by atoms with E-state index in [1.54, 1.807) is 6.07 Å². The smallest absolute Gasteiger partial charge is 0.222 e. The predicted octanol–water partition coefficient (Wildman–Crippen LogP) is 7.40. The van der Waals surface area contributed by atoms with Crippen LogP contribution >= 0.6 is 34.8 Å². The third-order valence-corrected chi connectivity index (χ3v) is 7.49. The lowest BCUT2D eigenvalue weighted by Gasteiger charge is -2.43. The summed E-state index contributed by atoms with van der Waals surface area (Å²) < 4.78 is 0. The van der Waals surface area contributed by atoms with Gasteiger partial charge in [0.1, 0.15) is 0 Å². The van der Waals surface area contributed by atoms with E-state index in [1.807, 2.05) is 41.3 Å². The van der Waals surface area contributed by atoms with Crippen LogP contribution in [0.15, 0.2) is 42.5 Å². The highest BCUT2D eigenvalue weighted by atomic mass is 35.5. The second-order valence-corrected chi connectivity index (χ2v) is 10.0. The largest absolute Gasteiger partial charge is 0.360 e. The molecule has 166 valence electrons. The Bertz CT molecular complexity index is 896. The Kier molecular flexibility index (Phi) is 7.68. The maximum Gasteiger partial charge on any atom is 0.222 e. The summed E-state index contributed by atoms with van der Waals surface area (Å²) in [4.78, 5) is 17.4. The first kappa shape index (κ1) is 22.8. The molecule has 2 aliphatic rings. The number of benzene rings is 2. The lowest BCUT2D eigenvalue weighted by Crippen LogP contribution is -2.50. The van der Waals surface area contributed by atoms with Crippen LogP contribution < -0.4 is 4.90 Å². The lowest BCUT2D eigenvalue weighted by molar-refractivity contribution is -0.132. The fraction of sp³-hybridized carbons (Fsp3) is 0.480. The lowest BCUT2D eigenvalue weighted by atomic mass is 9.86. The van der Waals surface area contributed by atoms with Crippen molar-refractivity contribution in [2.24, 2.45) is 5.92 Å². The van der Waals surface area contributed by atoms with Crippen molar-refractivity contribution < 1.29 is 4.79 Å². The van der Waals surface area contributed by atoms with Crippen molar-refractivity contribution >= 4 is 46.4 Å². The molecule has 0 N–H and O–H groups in total. The van der Waals surface area contributed by atoms with Crippen LogP contribution in [0, 0.1) is 5.92 Å². The summed E-state index contributed by atoms with van der Waals surface area (Å²) in [5.41, 5.74) is 2.07. The van der Waals surface area contributed by atoms with E-state index in [0.29, 0.717) is 34.6 Å². The predicted molar refractivity (Wildman–Crippen MR) is 130 cm³/mol. The SMILES string of the molecule is O=C(CCC1CCCCC1)N1CCN(c2ccc(Cl)cc2Cl)[C@H](c2ccc(Cl)cc2)C1. The zero-order valence-electron chi connectivity index (χ0n) is 17.7. The van der Waals surface area contributed by atoms with E-state index in [4.69, 9.17) is 34.8 Å². The summed E-state index contributed by atoms with van der Waals surface area (Å²) in [5, 5.41) is 1.95. The summed E-state index contributed by atoms with van der Waals surface area (Å²) in [7, 11) is 0. The van der Waals surface area contributed by atoms with Gasteiger partial charge in [0.25, 0.3) is 0 Å². The van der Waals surface area contributed by atoms with Crippen molar-refractivity contribution in [3.8, 4) is 0 Å². The second kappa shape index (κ2) is 10.5. The van der Waals surface area contributed by atoms with E-state index in [2.05, 4.69) is 4.90 Å². The van der Waals surface area contributed by atoms with Gasteiger partial charge in [-0.1, -0.05) is 79.0 Å². The van der Waals surface area contributed by atoms with E-state index in [1.165, 1.54) is 32.1 Å². The van der Waals surface area contributed by atoms with Gasteiger partial charge in [0.2, 0.25) is 5.91 Å². The van der Waals surface area contributed by atoms with Crippen LogP contribution in [0.3, 0.4) is 0 Å². The number of piperazine rings is 1. The number of halogens is 3. The monoisotopic (exact) mass is 478 g/mol. The van der Waals surface area contributed by atoms with Gasteiger partial charge in [-0.25, -0.2) is 0 Å². The van der Waals surface area contributed by atoms with Gasteiger partial charge in [0.15, 0.2) is 0 Å². The summed E-state index contributed by atoms with van der Waals surface area (Å²) in [5.74, 6) is 0.991. The average molecular weight is 480 g/mol. The van der Waals surface area contributed by atoms with Crippen molar-refractivity contribution in [1.29, 1.82) is 0 Å². The number of hydrogen-bond donors (Lipinski definition) is 0. The molecule has 0 spiro atoms. The third-order valence-electron chi connectivity index (χ3n) is 6.70. The molecule has 4 rings (SSSR count). The van der Waals surface area contributed by atoms with Crippen LogP contribution in [0.4, 0.5) is 5.69 Å². The maximum absolute atomic E-state index is 13.1. The standard InChI is InChI=1S/C25H29Cl3N2O/c26-20-9-7-19(8-10-20)24-17-29(25(31)13-6-18-4-2-1-3-5-18)14-15-30(24)23-12-11-21(27)16-22(23)28/h7-12,16,18,24H,1-6,13-15,17H2/t24-/m0/s1. The molecule has 1 aliphatic heterocycles. The molecule has 0 bridgehead atoms. The Balaban J connectivity index is 1.51. The number of carbonyl (C=O) groups excluding carboxylic acids is 1. The van der Waals surface area contributed by atoms with Crippen LogP contribution in [0.25, 0.3) is 0 Å². The molecule has 6 heteroatoms. The Morgan fingerprint density at radius 1 is 0.903 bits per heavy atom. The normalized spacial score (nSPS) is 20.2. The van der Waals surface area contributed by atoms with Gasteiger partial charge in [0.05, 0.1) is 16.8 Å². The molecule has 1 saturated heterocycles. The molecule has 31 heavy (non-hydrogen) atoms. The summed E-state index contributed by atoms with van der Waals surface area (Å²) in [6.07, 6.45) is 8.22. The zero-order valence-corrected chi connectivity index (χ0v) is 20.0. The Labute approximate surface area is 200 Å². The number of amides is 1. The van der Waals surface area contributed by atoms with Crippen molar-refractivity contribution in [3.63, 3.8) is 0 Å². The van der Waals surface area contributed by atoms with Crippen molar-refractivity contribution in [1.82, 2.24) is 4.90 Å². The number of rotatable bonds is 5. The molecule has 2 aromatic carbocycles. The van der Waals surface area contributed by atoms with Crippen molar-refractivity contribution in [3.05, 3.63) is 63.1 Å². The summed E-state index contributed by atoms with van der Waals surface area (Å²) in [6, 6.07) is 13.5. The third kappa shape index (κ3) is 5.69. The van der Waals surface area contributed by atoms with E-state index in [-0.39, 0.29) is 11.9 Å². The van der Waals surface area contributed by atoms with Crippen molar-refractivity contribution in [2.45, 2.75) is 51.0 Å². The second-order valence-electron chi connectivity index (χ2n) is 8.74. The van der Waals surface area contributed by atoms with E-state index < -0.39 is 0 Å². The quantitative estimate of drug-likeness (QED) is 0.446. The van der Waals surface area contributed by atoms with Gasteiger partial charge in [-0.05, 0) is 48.2 Å². The fourth-order valence-corrected chi connectivity index (χ4v) is 5.59. The zero-order chi connectivity index (χ0) is 21.8. The van der Waals surface area contributed by atoms with Crippen molar-refractivity contribution in [2.75, 3.05) is 24.5 Å². The first-order chi connectivity index (χ1) is 15.0. The van der Waals surface area contributed by atoms with E-state index in [0.717, 1.165) is 30.1 Å². The van der Waals surface area contributed by atoms with Gasteiger partial charge in [-0.2, -0.15) is 0 Å². The van der Waals surface area contributed by atoms with Gasteiger partial charge in [0, 0.05) is 36.1 Å². The van der Waals surface area contributed by atoms with Crippen LogP contribution in [0.5, 0.6) is 0 Å². The number of hydrogen-bond acceptors (Lipinski definition) is 2. The first-order valence-electron chi connectivity index (χ1n) is 11.3. The molecule has 1 heterocycles. The van der Waals surface area contributed by atoms with Gasteiger partial charge in [-0.15, -0.1) is 0 Å². The molecule has 2 fully saturated rings. The van der Waals surface area contributed by atoms with Crippen LogP contribution in [0.1, 0.15) is 56.6 Å². The number of anilines is 1. The van der Waals surface area contributed by atoms with E-state index >= 15 is 0 Å². The maximum atomic E-state index is 13.1. The summed E-state index contributed by atoms with van der Waals surface area (Å²) in [6.45, 7) is 2.07. The molecule has 0 radical (unpaired) electrons. The highest BCUT2D eigenvalue weighted by Gasteiger charge is 2.32. The molecular formula is C25H29Cl3N2O. The first-order valence-corrected chi connectivity index (χ1v) is 12.4. The Morgan fingerprint density at radius 2 is 1.61 bits per heavy atom. The van der Waals surface area contributed by atoms with Gasteiger partial charge in [-0.3, -0.25) is 4.79 Å². The van der Waals surface area contributed by atoms with E-state index in [9.17, 15) is 4.79 Å². The molecule has 2 aromatic rings. The fourth-order valence-electron chi connectivity index (χ4n) is 4.94. The molecule has 1 amide bonds. The molecule has 3 nitrogen and oxygen atoms in total. The number of carbonyl (C=O) groups is 1. The number of nitrogens with zero attached hydrogens (tertiary/aromatic N) is 2. The Hall–Kier alpha value is -1.42. The van der Waals surface area contributed by atoms with Gasteiger partial charge >= 0.3 is 0 Å². The molecular weight excluding hydrogens is 451 g/mol. The highest BCUT2D eigenvalue weighted by molar-refractivity contribution is 6.36. The minimum Gasteiger partial charge on any atom is -0.360 e. The molecule has 1 atom stereocenters. The topological polar surface area (TPSA) is 23.6 Å². The highest BCUT2D eigenvalue weighted by Crippen LogP contribution is 2.37. The molecule has 0 unspecified atom stereocenters.